The highest BCUT2D eigenvalue weighted by Crippen LogP contribution is 2.14. The number of aromatic nitrogens is 2. The predicted molar refractivity (Wildman–Crippen MR) is 123 cm³/mol. The molecule has 5 nitrogen and oxygen atoms in total. The van der Waals surface area contributed by atoms with Crippen molar-refractivity contribution < 1.29 is 0 Å². The molecule has 0 saturated carbocycles. The Morgan fingerprint density at radius 3 is 2.65 bits per heavy atom. The number of guanidine groups is 1. The molecule has 0 radical (unpaired) electrons. The van der Waals surface area contributed by atoms with Crippen molar-refractivity contribution in [2.45, 2.75) is 46.7 Å². The van der Waals surface area contributed by atoms with Crippen molar-refractivity contribution in [1.82, 2.24) is 20.4 Å². The Morgan fingerprint density at radius 1 is 1.35 bits per heavy atom. The van der Waals surface area contributed by atoms with Gasteiger partial charge in [-0.15, -0.1) is 24.0 Å². The summed E-state index contributed by atoms with van der Waals surface area (Å²) in [7, 11) is 1.99. The minimum atomic E-state index is 0. The van der Waals surface area contributed by atoms with Crippen molar-refractivity contribution in [3.8, 4) is 0 Å². The fraction of sp³-hybridized carbons (Fsp3) is 0.474. The number of aliphatic imine (C=N–C) groups is 1. The Bertz CT molecular complexity index is 742. The second-order valence-electron chi connectivity index (χ2n) is 6.35. The number of hydrogen-bond donors (Lipinski definition) is 2. The smallest absolute Gasteiger partial charge is 0.191 e. The number of rotatable bonds is 6. The summed E-state index contributed by atoms with van der Waals surface area (Å²) >= 11 is 3.51. The number of nitrogens with one attached hydrogen (secondary N) is 2. The first-order valence-corrected chi connectivity index (χ1v) is 9.48. The molecular formula is C19H29BrIN5. The first kappa shape index (κ1) is 23.0. The molecule has 0 aliphatic carbocycles. The predicted octanol–water partition coefficient (Wildman–Crippen LogP) is 4.10. The molecule has 0 spiro atoms. The molecule has 1 aromatic carbocycles. The van der Waals surface area contributed by atoms with E-state index in [-0.39, 0.29) is 30.0 Å². The molecule has 2 rings (SSSR count). The lowest BCUT2D eigenvalue weighted by Gasteiger charge is -2.18. The summed E-state index contributed by atoms with van der Waals surface area (Å²) in [4.78, 5) is 4.71. The average Bonchev–Trinajstić information content (AvgIpc) is 2.79. The van der Waals surface area contributed by atoms with Crippen LogP contribution < -0.4 is 10.6 Å². The molecule has 1 unspecified atom stereocenters. The van der Waals surface area contributed by atoms with E-state index in [1.165, 1.54) is 16.8 Å². The molecule has 0 aliphatic heterocycles. The summed E-state index contributed by atoms with van der Waals surface area (Å²) in [6.45, 7) is 9.93. The maximum atomic E-state index is 4.71. The lowest BCUT2D eigenvalue weighted by atomic mass is 10.1. The molecule has 0 bridgehead atoms. The Labute approximate surface area is 182 Å². The number of nitrogens with zero attached hydrogens (tertiary/aromatic N) is 3. The van der Waals surface area contributed by atoms with Gasteiger partial charge in [0.2, 0.25) is 0 Å². The lowest BCUT2D eigenvalue weighted by Crippen LogP contribution is -2.43. The standard InChI is InChI=1S/C19H28BrN5.HI/c1-6-21-19(22-12-16-8-7-9-17(20)11-16)23-13(2)10-18-14(3)24-25(5)15(18)4;/h7-9,11,13H,6,10,12H2,1-5H3,(H2,21,22,23);1H. The van der Waals surface area contributed by atoms with E-state index in [9.17, 15) is 0 Å². The maximum absolute atomic E-state index is 4.71. The van der Waals surface area contributed by atoms with Gasteiger partial charge in [-0.3, -0.25) is 4.68 Å². The molecule has 1 heterocycles. The molecule has 1 aromatic heterocycles. The first-order valence-electron chi connectivity index (χ1n) is 8.69. The van der Waals surface area contributed by atoms with Crippen LogP contribution in [0, 0.1) is 13.8 Å². The summed E-state index contributed by atoms with van der Waals surface area (Å²) in [5.41, 5.74) is 4.82. The zero-order chi connectivity index (χ0) is 18.4. The molecule has 26 heavy (non-hydrogen) atoms. The van der Waals surface area contributed by atoms with E-state index < -0.39 is 0 Å². The molecular weight excluding hydrogens is 505 g/mol. The van der Waals surface area contributed by atoms with Crippen molar-refractivity contribution >= 4 is 45.9 Å². The van der Waals surface area contributed by atoms with Crippen LogP contribution in [-0.2, 0) is 20.0 Å². The van der Waals surface area contributed by atoms with Gasteiger partial charge < -0.3 is 10.6 Å². The molecule has 0 aliphatic rings. The van der Waals surface area contributed by atoms with Gasteiger partial charge in [0.25, 0.3) is 0 Å². The second kappa shape index (κ2) is 10.9. The molecule has 144 valence electrons. The fourth-order valence-corrected chi connectivity index (χ4v) is 3.28. The highest BCUT2D eigenvalue weighted by atomic mass is 127. The zero-order valence-electron chi connectivity index (χ0n) is 16.1. The van der Waals surface area contributed by atoms with Crippen LogP contribution in [0.4, 0.5) is 0 Å². The van der Waals surface area contributed by atoms with Gasteiger partial charge in [-0.05, 0) is 57.4 Å². The normalized spacial score (nSPS) is 12.5. The van der Waals surface area contributed by atoms with Gasteiger partial charge in [0, 0.05) is 29.8 Å². The van der Waals surface area contributed by atoms with Gasteiger partial charge in [0.15, 0.2) is 5.96 Å². The average molecular weight is 534 g/mol. The van der Waals surface area contributed by atoms with E-state index in [4.69, 9.17) is 4.99 Å². The van der Waals surface area contributed by atoms with Crippen LogP contribution in [-0.4, -0.2) is 28.3 Å². The van der Waals surface area contributed by atoms with Crippen LogP contribution in [0.3, 0.4) is 0 Å². The van der Waals surface area contributed by atoms with Crippen molar-refractivity contribution in [2.24, 2.45) is 12.0 Å². The van der Waals surface area contributed by atoms with Crippen molar-refractivity contribution in [3.63, 3.8) is 0 Å². The van der Waals surface area contributed by atoms with Crippen LogP contribution in [0.5, 0.6) is 0 Å². The molecule has 7 heteroatoms. The van der Waals surface area contributed by atoms with Crippen molar-refractivity contribution in [2.75, 3.05) is 6.54 Å². The molecule has 2 N–H and O–H groups in total. The van der Waals surface area contributed by atoms with E-state index in [1.54, 1.807) is 0 Å². The fourth-order valence-electron chi connectivity index (χ4n) is 2.83. The molecule has 2 aromatic rings. The van der Waals surface area contributed by atoms with Crippen LogP contribution in [0.2, 0.25) is 0 Å². The molecule has 0 saturated heterocycles. The maximum Gasteiger partial charge on any atom is 0.191 e. The quantitative estimate of drug-likeness (QED) is 0.334. The Balaban J connectivity index is 0.00000338. The Kier molecular flexibility index (Phi) is 9.63. The van der Waals surface area contributed by atoms with Crippen LogP contribution in [0.25, 0.3) is 0 Å². The summed E-state index contributed by atoms with van der Waals surface area (Å²) in [5, 5.41) is 11.3. The number of hydrogen-bond acceptors (Lipinski definition) is 2. The molecule has 0 fully saturated rings. The van der Waals surface area contributed by atoms with Gasteiger partial charge in [0.1, 0.15) is 0 Å². The highest BCUT2D eigenvalue weighted by Gasteiger charge is 2.14. The molecule has 1 atom stereocenters. The SMILES string of the molecule is CCNC(=NCc1cccc(Br)c1)NC(C)Cc1c(C)nn(C)c1C.I. The third-order valence-electron chi connectivity index (χ3n) is 4.21. The monoisotopic (exact) mass is 533 g/mol. The Hall–Kier alpha value is -1.09. The third-order valence-corrected chi connectivity index (χ3v) is 4.70. The van der Waals surface area contributed by atoms with Crippen LogP contribution >= 0.6 is 39.9 Å². The molecule has 0 amide bonds. The van der Waals surface area contributed by atoms with Crippen molar-refractivity contribution in [1.29, 1.82) is 0 Å². The zero-order valence-corrected chi connectivity index (χ0v) is 20.1. The van der Waals surface area contributed by atoms with Gasteiger partial charge >= 0.3 is 0 Å². The summed E-state index contributed by atoms with van der Waals surface area (Å²) in [6.07, 6.45) is 0.923. The van der Waals surface area contributed by atoms with Crippen LogP contribution in [0.15, 0.2) is 33.7 Å². The van der Waals surface area contributed by atoms with Gasteiger partial charge in [-0.2, -0.15) is 5.10 Å². The Morgan fingerprint density at radius 2 is 2.08 bits per heavy atom. The minimum Gasteiger partial charge on any atom is -0.357 e. The minimum absolute atomic E-state index is 0. The lowest BCUT2D eigenvalue weighted by molar-refractivity contribution is 0.636. The highest BCUT2D eigenvalue weighted by molar-refractivity contribution is 14.0. The van der Waals surface area contributed by atoms with E-state index in [0.717, 1.165) is 29.1 Å². The van der Waals surface area contributed by atoms with E-state index in [0.29, 0.717) is 6.54 Å². The number of aryl methyl sites for hydroxylation is 2. The number of benzene rings is 1. The van der Waals surface area contributed by atoms with Gasteiger partial charge in [-0.25, -0.2) is 4.99 Å². The van der Waals surface area contributed by atoms with Crippen molar-refractivity contribution in [3.05, 3.63) is 51.3 Å². The number of halogens is 2. The summed E-state index contributed by atoms with van der Waals surface area (Å²) in [6, 6.07) is 8.51. The topological polar surface area (TPSA) is 54.2 Å². The van der Waals surface area contributed by atoms with Gasteiger partial charge in [-0.1, -0.05) is 28.1 Å². The summed E-state index contributed by atoms with van der Waals surface area (Å²) in [5.74, 6) is 0.842. The van der Waals surface area contributed by atoms with Gasteiger partial charge in [0.05, 0.1) is 12.2 Å². The van der Waals surface area contributed by atoms with Crippen LogP contribution in [0.1, 0.15) is 36.4 Å². The largest absolute Gasteiger partial charge is 0.357 e. The van der Waals surface area contributed by atoms with E-state index in [1.807, 2.05) is 23.9 Å². The summed E-state index contributed by atoms with van der Waals surface area (Å²) < 4.78 is 3.03. The van der Waals surface area contributed by atoms with E-state index >= 15 is 0 Å². The van der Waals surface area contributed by atoms with E-state index in [2.05, 4.69) is 71.5 Å². The first-order chi connectivity index (χ1) is 11.9. The third kappa shape index (κ3) is 6.57. The second-order valence-corrected chi connectivity index (χ2v) is 7.26.